The number of furan rings is 1. The molecule has 19 heavy (non-hydrogen) atoms. The summed E-state index contributed by atoms with van der Waals surface area (Å²) in [7, 11) is 0. The second-order valence-corrected chi connectivity index (χ2v) is 4.99. The van der Waals surface area contributed by atoms with E-state index in [9.17, 15) is 5.11 Å². The first-order valence-corrected chi connectivity index (χ1v) is 6.71. The molecule has 0 aliphatic rings. The number of rotatable bonds is 4. The highest BCUT2D eigenvalue weighted by molar-refractivity contribution is 7.98. The van der Waals surface area contributed by atoms with Crippen molar-refractivity contribution >= 4 is 11.8 Å². The fourth-order valence-corrected chi connectivity index (χ4v) is 2.39. The number of hydrogen-bond donors (Lipinski definition) is 1. The normalized spacial score (nSPS) is 10.7. The summed E-state index contributed by atoms with van der Waals surface area (Å²) in [6.07, 6.45) is 1.60. The molecule has 1 aromatic carbocycles. The SMILES string of the molecule is Oc1ccc(SCc2cc(-c3ccco3)on2)cc1. The predicted octanol–water partition coefficient (Wildman–Crippen LogP) is 3.93. The van der Waals surface area contributed by atoms with E-state index in [0.717, 1.165) is 10.6 Å². The highest BCUT2D eigenvalue weighted by Crippen LogP contribution is 2.26. The smallest absolute Gasteiger partial charge is 0.202 e. The largest absolute Gasteiger partial charge is 0.508 e. The lowest BCUT2D eigenvalue weighted by atomic mass is 10.3. The molecule has 0 spiro atoms. The van der Waals surface area contributed by atoms with E-state index in [-0.39, 0.29) is 5.75 Å². The fourth-order valence-electron chi connectivity index (χ4n) is 1.61. The van der Waals surface area contributed by atoms with Crippen molar-refractivity contribution < 1.29 is 14.0 Å². The van der Waals surface area contributed by atoms with Crippen molar-refractivity contribution in [3.63, 3.8) is 0 Å². The number of benzene rings is 1. The Morgan fingerprint density at radius 1 is 1.11 bits per heavy atom. The first-order valence-electron chi connectivity index (χ1n) is 5.72. The molecule has 96 valence electrons. The predicted molar refractivity (Wildman–Crippen MR) is 71.9 cm³/mol. The number of thioether (sulfide) groups is 1. The Labute approximate surface area is 114 Å². The molecule has 0 aliphatic carbocycles. The molecular formula is C14H11NO3S. The maximum absolute atomic E-state index is 9.20. The molecule has 3 aromatic rings. The molecule has 4 nitrogen and oxygen atoms in total. The van der Waals surface area contributed by atoms with E-state index in [1.165, 1.54) is 0 Å². The summed E-state index contributed by atoms with van der Waals surface area (Å²) in [5, 5.41) is 13.2. The minimum atomic E-state index is 0.269. The zero-order valence-electron chi connectivity index (χ0n) is 9.95. The van der Waals surface area contributed by atoms with Gasteiger partial charge in [0.15, 0.2) is 5.76 Å². The van der Waals surface area contributed by atoms with Crippen molar-refractivity contribution in [1.82, 2.24) is 5.16 Å². The van der Waals surface area contributed by atoms with Crippen LogP contribution < -0.4 is 0 Å². The van der Waals surface area contributed by atoms with E-state index in [1.807, 2.05) is 30.3 Å². The van der Waals surface area contributed by atoms with Crippen molar-refractivity contribution in [2.24, 2.45) is 0 Å². The molecule has 0 unspecified atom stereocenters. The van der Waals surface area contributed by atoms with Gasteiger partial charge in [0.25, 0.3) is 0 Å². The summed E-state index contributed by atoms with van der Waals surface area (Å²) in [6, 6.07) is 12.6. The summed E-state index contributed by atoms with van der Waals surface area (Å²) in [5.41, 5.74) is 0.851. The Morgan fingerprint density at radius 2 is 1.95 bits per heavy atom. The molecule has 0 amide bonds. The quantitative estimate of drug-likeness (QED) is 0.730. The van der Waals surface area contributed by atoms with Gasteiger partial charge in [-0.15, -0.1) is 11.8 Å². The van der Waals surface area contributed by atoms with Crippen LogP contribution in [0.25, 0.3) is 11.5 Å². The third-order valence-corrected chi connectivity index (χ3v) is 3.59. The van der Waals surface area contributed by atoms with Gasteiger partial charge >= 0.3 is 0 Å². The first-order chi connectivity index (χ1) is 9.31. The lowest BCUT2D eigenvalue weighted by molar-refractivity contribution is 0.413. The summed E-state index contributed by atoms with van der Waals surface area (Å²) in [4.78, 5) is 1.07. The summed E-state index contributed by atoms with van der Waals surface area (Å²) in [6.45, 7) is 0. The molecule has 2 heterocycles. The second-order valence-electron chi connectivity index (χ2n) is 3.94. The average molecular weight is 273 g/mol. The molecule has 0 atom stereocenters. The maximum atomic E-state index is 9.20. The van der Waals surface area contributed by atoms with E-state index in [2.05, 4.69) is 5.16 Å². The molecule has 3 rings (SSSR count). The van der Waals surface area contributed by atoms with Crippen LogP contribution in [0.15, 0.2) is 62.6 Å². The molecule has 5 heteroatoms. The van der Waals surface area contributed by atoms with Crippen LogP contribution in [0.3, 0.4) is 0 Å². The van der Waals surface area contributed by atoms with Gasteiger partial charge in [-0.2, -0.15) is 0 Å². The van der Waals surface area contributed by atoms with Crippen molar-refractivity contribution in [2.75, 3.05) is 0 Å². The molecule has 0 aliphatic heterocycles. The Bertz CT molecular complexity index is 644. The molecular weight excluding hydrogens is 262 g/mol. The van der Waals surface area contributed by atoms with Gasteiger partial charge in [-0.1, -0.05) is 5.16 Å². The highest BCUT2D eigenvalue weighted by atomic mass is 32.2. The minimum absolute atomic E-state index is 0.269. The molecule has 0 bridgehead atoms. The summed E-state index contributed by atoms with van der Waals surface area (Å²) >= 11 is 1.63. The van der Waals surface area contributed by atoms with Crippen LogP contribution in [-0.2, 0) is 5.75 Å². The van der Waals surface area contributed by atoms with Crippen LogP contribution in [0.1, 0.15) is 5.69 Å². The molecule has 0 saturated carbocycles. The summed E-state index contributed by atoms with van der Waals surface area (Å²) < 4.78 is 10.5. The third kappa shape index (κ3) is 2.82. The van der Waals surface area contributed by atoms with Gasteiger partial charge in [-0.05, 0) is 36.4 Å². The third-order valence-electron chi connectivity index (χ3n) is 2.55. The van der Waals surface area contributed by atoms with Crippen molar-refractivity contribution in [2.45, 2.75) is 10.6 Å². The fraction of sp³-hybridized carbons (Fsp3) is 0.0714. The van der Waals surface area contributed by atoms with Gasteiger partial charge in [0.05, 0.1) is 12.0 Å². The van der Waals surface area contributed by atoms with Crippen LogP contribution in [0.4, 0.5) is 0 Å². The number of hydrogen-bond acceptors (Lipinski definition) is 5. The standard InChI is InChI=1S/C14H11NO3S/c16-11-3-5-12(6-4-11)19-9-10-8-14(18-15-10)13-2-1-7-17-13/h1-8,16H,9H2. The van der Waals surface area contributed by atoms with Crippen LogP contribution in [0.5, 0.6) is 5.75 Å². The second kappa shape index (κ2) is 5.24. The molecule has 0 fully saturated rings. The Balaban J connectivity index is 1.66. The van der Waals surface area contributed by atoms with Crippen LogP contribution in [0, 0.1) is 0 Å². The van der Waals surface area contributed by atoms with E-state index in [1.54, 1.807) is 30.2 Å². The number of nitrogens with zero attached hydrogens (tertiary/aromatic N) is 1. The topological polar surface area (TPSA) is 59.4 Å². The van der Waals surface area contributed by atoms with Gasteiger partial charge < -0.3 is 14.0 Å². The van der Waals surface area contributed by atoms with Gasteiger partial charge in [-0.3, -0.25) is 0 Å². The lowest BCUT2D eigenvalue weighted by Gasteiger charge is -1.98. The van der Waals surface area contributed by atoms with Crippen molar-refractivity contribution in [3.8, 4) is 17.3 Å². The monoisotopic (exact) mass is 273 g/mol. The number of phenols is 1. The average Bonchev–Trinajstić information content (AvgIpc) is 3.09. The zero-order chi connectivity index (χ0) is 13.1. The van der Waals surface area contributed by atoms with Gasteiger partial charge in [0.1, 0.15) is 5.75 Å². The Kier molecular flexibility index (Phi) is 3.29. The van der Waals surface area contributed by atoms with Gasteiger partial charge in [0, 0.05) is 16.7 Å². The molecule has 1 N–H and O–H groups in total. The summed E-state index contributed by atoms with van der Waals surface area (Å²) in [5.74, 6) is 2.28. The van der Waals surface area contributed by atoms with Crippen molar-refractivity contribution in [1.29, 1.82) is 0 Å². The highest BCUT2D eigenvalue weighted by Gasteiger charge is 2.09. The van der Waals surface area contributed by atoms with Gasteiger partial charge in [0.2, 0.25) is 5.76 Å². The maximum Gasteiger partial charge on any atom is 0.202 e. The zero-order valence-corrected chi connectivity index (χ0v) is 10.8. The van der Waals surface area contributed by atoms with E-state index < -0.39 is 0 Å². The van der Waals surface area contributed by atoms with Crippen LogP contribution in [0.2, 0.25) is 0 Å². The molecule has 2 aromatic heterocycles. The van der Waals surface area contributed by atoms with Crippen LogP contribution in [-0.4, -0.2) is 10.3 Å². The first kappa shape index (κ1) is 11.9. The lowest BCUT2D eigenvalue weighted by Crippen LogP contribution is -1.79. The van der Waals surface area contributed by atoms with E-state index in [0.29, 0.717) is 17.3 Å². The van der Waals surface area contributed by atoms with Crippen molar-refractivity contribution in [3.05, 3.63) is 54.4 Å². The van der Waals surface area contributed by atoms with E-state index >= 15 is 0 Å². The minimum Gasteiger partial charge on any atom is -0.508 e. The Morgan fingerprint density at radius 3 is 2.68 bits per heavy atom. The van der Waals surface area contributed by atoms with Gasteiger partial charge in [-0.25, -0.2) is 0 Å². The Hall–Kier alpha value is -2.14. The number of phenolic OH excluding ortho intramolecular Hbond substituents is 1. The van der Waals surface area contributed by atoms with Crippen LogP contribution >= 0.6 is 11.8 Å². The number of aromatic nitrogens is 1. The molecule has 0 radical (unpaired) electrons. The number of aromatic hydroxyl groups is 1. The van der Waals surface area contributed by atoms with E-state index in [4.69, 9.17) is 8.94 Å². The molecule has 0 saturated heterocycles.